The molecule has 0 aliphatic carbocycles. The SMILES string of the molecule is CN(C)C(=O)OC1C(Cl)=C([S+](C)[O-])ON1C. The molecule has 1 aliphatic heterocycles. The van der Waals surface area contributed by atoms with Crippen LogP contribution in [0, 0.1) is 0 Å². The Morgan fingerprint density at radius 3 is 2.62 bits per heavy atom. The molecule has 0 aromatic rings. The summed E-state index contributed by atoms with van der Waals surface area (Å²) in [5, 5.41) is 1.47. The van der Waals surface area contributed by atoms with Gasteiger partial charge in [0.25, 0.3) is 0 Å². The molecule has 1 heterocycles. The molecule has 0 N–H and O–H groups in total. The van der Waals surface area contributed by atoms with Crippen LogP contribution in [0.5, 0.6) is 0 Å². The van der Waals surface area contributed by atoms with Crippen molar-refractivity contribution in [2.45, 2.75) is 6.23 Å². The molecule has 0 saturated heterocycles. The van der Waals surface area contributed by atoms with Gasteiger partial charge in [0.1, 0.15) is 6.26 Å². The minimum atomic E-state index is -1.36. The summed E-state index contributed by atoms with van der Waals surface area (Å²) in [5.74, 6) is 0. The van der Waals surface area contributed by atoms with Crippen LogP contribution < -0.4 is 0 Å². The van der Waals surface area contributed by atoms with Gasteiger partial charge in [0.05, 0.1) is 0 Å². The first-order chi connectivity index (χ1) is 7.34. The number of rotatable bonds is 2. The van der Waals surface area contributed by atoms with Crippen LogP contribution in [-0.4, -0.2) is 54.2 Å². The second-order valence-electron chi connectivity index (χ2n) is 3.36. The van der Waals surface area contributed by atoms with Crippen molar-refractivity contribution in [3.63, 3.8) is 0 Å². The lowest BCUT2D eigenvalue weighted by atomic mass is 10.5. The summed E-state index contributed by atoms with van der Waals surface area (Å²) in [6.07, 6.45) is 0.0269. The van der Waals surface area contributed by atoms with Gasteiger partial charge < -0.3 is 19.0 Å². The van der Waals surface area contributed by atoms with E-state index in [9.17, 15) is 9.35 Å². The topological polar surface area (TPSA) is 65.1 Å². The molecule has 0 saturated carbocycles. The van der Waals surface area contributed by atoms with E-state index in [-0.39, 0.29) is 10.1 Å². The van der Waals surface area contributed by atoms with Gasteiger partial charge in [-0.15, -0.1) is 0 Å². The summed E-state index contributed by atoms with van der Waals surface area (Å²) in [7, 11) is 4.64. The van der Waals surface area contributed by atoms with Crippen LogP contribution >= 0.6 is 11.6 Å². The number of halogens is 1. The van der Waals surface area contributed by atoms with Crippen molar-refractivity contribution in [3.05, 3.63) is 10.1 Å². The predicted molar refractivity (Wildman–Crippen MR) is 59.7 cm³/mol. The molecule has 2 atom stereocenters. The average Bonchev–Trinajstić information content (AvgIpc) is 2.45. The van der Waals surface area contributed by atoms with Crippen LogP contribution in [0.15, 0.2) is 10.1 Å². The Labute approximate surface area is 102 Å². The lowest BCUT2D eigenvalue weighted by Gasteiger charge is -2.20. The second kappa shape index (κ2) is 5.13. The molecule has 0 fully saturated rings. The molecule has 2 unspecified atom stereocenters. The number of hydrogen-bond acceptors (Lipinski definition) is 5. The third kappa shape index (κ3) is 2.73. The molecule has 92 valence electrons. The molecule has 1 aliphatic rings. The molecule has 0 radical (unpaired) electrons. The van der Waals surface area contributed by atoms with E-state index in [1.807, 2.05) is 0 Å². The van der Waals surface area contributed by atoms with Crippen molar-refractivity contribution in [2.24, 2.45) is 0 Å². The van der Waals surface area contributed by atoms with E-state index in [2.05, 4.69) is 0 Å². The van der Waals surface area contributed by atoms with Crippen molar-refractivity contribution < 1.29 is 18.9 Å². The van der Waals surface area contributed by atoms with E-state index in [1.54, 1.807) is 14.1 Å². The van der Waals surface area contributed by atoms with Crippen LogP contribution in [0.4, 0.5) is 4.79 Å². The molecule has 0 spiro atoms. The van der Waals surface area contributed by atoms with E-state index < -0.39 is 23.5 Å². The van der Waals surface area contributed by atoms with E-state index in [0.29, 0.717) is 0 Å². The van der Waals surface area contributed by atoms with Crippen molar-refractivity contribution in [3.8, 4) is 0 Å². The highest BCUT2D eigenvalue weighted by Gasteiger charge is 2.40. The van der Waals surface area contributed by atoms with E-state index in [0.717, 1.165) is 0 Å². The predicted octanol–water partition coefficient (Wildman–Crippen LogP) is 0.674. The zero-order valence-corrected chi connectivity index (χ0v) is 11.0. The normalized spacial score (nSPS) is 23.0. The molecule has 8 heteroatoms. The number of likely N-dealkylation sites (N-methyl/N-ethyl adjacent to an activating group) is 1. The zero-order chi connectivity index (χ0) is 12.5. The quantitative estimate of drug-likeness (QED) is 0.689. The lowest BCUT2D eigenvalue weighted by Crippen LogP contribution is -2.35. The fraction of sp³-hybridized carbons (Fsp3) is 0.625. The standard InChI is InChI=1S/C8H13ClN2O4S/c1-10(2)8(12)14-6-5(9)7(16(4)13)15-11(6)3/h6H,1-4H3. The number of hydrogen-bond donors (Lipinski definition) is 0. The van der Waals surface area contributed by atoms with Gasteiger partial charge in [0, 0.05) is 32.3 Å². The summed E-state index contributed by atoms with van der Waals surface area (Å²) < 4.78 is 16.3. The van der Waals surface area contributed by atoms with Gasteiger partial charge in [-0.2, -0.15) is 0 Å². The molecular formula is C8H13ClN2O4S. The maximum absolute atomic E-state index is 11.3. The Morgan fingerprint density at radius 1 is 1.69 bits per heavy atom. The number of amides is 1. The van der Waals surface area contributed by atoms with Gasteiger partial charge in [-0.1, -0.05) is 16.7 Å². The Bertz CT molecular complexity index is 321. The highest BCUT2D eigenvalue weighted by atomic mass is 35.5. The van der Waals surface area contributed by atoms with Gasteiger partial charge >= 0.3 is 11.2 Å². The van der Waals surface area contributed by atoms with Crippen molar-refractivity contribution in [1.82, 2.24) is 9.96 Å². The Balaban J connectivity index is 2.77. The Morgan fingerprint density at radius 2 is 2.25 bits per heavy atom. The van der Waals surface area contributed by atoms with Crippen molar-refractivity contribution >= 4 is 28.9 Å². The Hall–Kier alpha value is -0.630. The number of carbonyl (C=O) groups is 1. The van der Waals surface area contributed by atoms with Gasteiger partial charge in [-0.25, -0.2) is 4.79 Å². The molecular weight excluding hydrogens is 256 g/mol. The first kappa shape index (κ1) is 13.4. The Kier molecular flexibility index (Phi) is 4.31. The molecule has 0 bridgehead atoms. The first-order valence-corrected chi connectivity index (χ1v) is 6.30. The maximum Gasteiger partial charge on any atom is 0.411 e. The number of ether oxygens (including phenoxy) is 1. The van der Waals surface area contributed by atoms with Crippen molar-refractivity contribution in [2.75, 3.05) is 27.4 Å². The lowest BCUT2D eigenvalue weighted by molar-refractivity contribution is -0.149. The summed E-state index contributed by atoms with van der Waals surface area (Å²) in [5.41, 5.74) is 0. The largest absolute Gasteiger partial charge is 0.609 e. The van der Waals surface area contributed by atoms with E-state index >= 15 is 0 Å². The average molecular weight is 269 g/mol. The van der Waals surface area contributed by atoms with Crippen molar-refractivity contribution in [1.29, 1.82) is 0 Å². The van der Waals surface area contributed by atoms with Crippen LogP contribution in [0.1, 0.15) is 0 Å². The van der Waals surface area contributed by atoms with Crippen LogP contribution in [0.3, 0.4) is 0 Å². The fourth-order valence-corrected chi connectivity index (χ4v) is 2.14. The maximum atomic E-state index is 11.3. The summed E-state index contributed by atoms with van der Waals surface area (Å²) in [6, 6.07) is 0. The highest BCUT2D eigenvalue weighted by molar-refractivity contribution is 7.94. The number of carbonyl (C=O) groups excluding carboxylic acids is 1. The molecule has 0 aromatic carbocycles. The minimum absolute atomic E-state index is 0.112. The van der Waals surface area contributed by atoms with Crippen LogP contribution in [-0.2, 0) is 20.8 Å². The first-order valence-electron chi connectivity index (χ1n) is 4.36. The summed E-state index contributed by atoms with van der Waals surface area (Å²) in [6.45, 7) is 0. The van der Waals surface area contributed by atoms with Crippen LogP contribution in [0.25, 0.3) is 0 Å². The monoisotopic (exact) mass is 268 g/mol. The molecule has 1 rings (SSSR count). The molecule has 6 nitrogen and oxygen atoms in total. The molecule has 0 aromatic heterocycles. The number of nitrogens with zero attached hydrogens (tertiary/aromatic N) is 2. The second-order valence-corrected chi connectivity index (χ2v) is 5.04. The number of hydroxylamine groups is 2. The zero-order valence-electron chi connectivity index (χ0n) is 9.39. The summed E-state index contributed by atoms with van der Waals surface area (Å²) >= 11 is 4.55. The van der Waals surface area contributed by atoms with Gasteiger partial charge in [-0.05, 0) is 0 Å². The van der Waals surface area contributed by atoms with Crippen LogP contribution in [0.2, 0.25) is 0 Å². The third-order valence-electron chi connectivity index (χ3n) is 1.81. The fourth-order valence-electron chi connectivity index (χ4n) is 0.999. The van der Waals surface area contributed by atoms with Gasteiger partial charge in [-0.3, -0.25) is 0 Å². The molecule has 16 heavy (non-hydrogen) atoms. The minimum Gasteiger partial charge on any atom is -0.609 e. The third-order valence-corrected chi connectivity index (χ3v) is 3.09. The summed E-state index contributed by atoms with van der Waals surface area (Å²) in [4.78, 5) is 17.7. The van der Waals surface area contributed by atoms with Gasteiger partial charge in [0.2, 0.25) is 6.23 Å². The van der Waals surface area contributed by atoms with E-state index in [4.69, 9.17) is 21.2 Å². The highest BCUT2D eigenvalue weighted by Crippen LogP contribution is 2.31. The van der Waals surface area contributed by atoms with Gasteiger partial charge in [0.15, 0.2) is 5.03 Å². The molecule has 1 amide bonds. The smallest absolute Gasteiger partial charge is 0.411 e. The van der Waals surface area contributed by atoms with E-state index in [1.165, 1.54) is 23.3 Å².